The fourth-order valence-electron chi connectivity index (χ4n) is 8.90. The predicted molar refractivity (Wildman–Crippen MR) is 316 cm³/mol. The smallest absolute Gasteiger partial charge is 0.306 e. The Balaban J connectivity index is 4.35. The van der Waals surface area contributed by atoms with E-state index in [1.807, 2.05) is 0 Å². The molecule has 0 spiro atoms. The Morgan fingerprint density at radius 1 is 0.274 bits per heavy atom. The Kier molecular flexibility index (Phi) is 58.7. The molecule has 0 aliphatic carbocycles. The van der Waals surface area contributed by atoms with E-state index in [0.717, 1.165) is 103 Å². The molecule has 0 bridgehead atoms. The van der Waals surface area contributed by atoms with Crippen molar-refractivity contribution in [3.05, 3.63) is 72.9 Å². The highest BCUT2D eigenvalue weighted by molar-refractivity contribution is 5.71. The largest absolute Gasteiger partial charge is 0.462 e. The van der Waals surface area contributed by atoms with Gasteiger partial charge in [-0.25, -0.2) is 0 Å². The Labute approximate surface area is 453 Å². The van der Waals surface area contributed by atoms with Crippen molar-refractivity contribution in [1.29, 1.82) is 0 Å². The fourth-order valence-corrected chi connectivity index (χ4v) is 8.90. The van der Waals surface area contributed by atoms with E-state index in [9.17, 15) is 14.4 Å². The maximum Gasteiger partial charge on any atom is 0.306 e. The van der Waals surface area contributed by atoms with Gasteiger partial charge in [0.1, 0.15) is 13.2 Å². The zero-order valence-corrected chi connectivity index (χ0v) is 48.4. The van der Waals surface area contributed by atoms with Crippen molar-refractivity contribution < 1.29 is 28.6 Å². The summed E-state index contributed by atoms with van der Waals surface area (Å²) >= 11 is 0. The Bertz CT molecular complexity index is 1360. The van der Waals surface area contributed by atoms with Crippen molar-refractivity contribution in [2.75, 3.05) is 13.2 Å². The molecule has 0 saturated heterocycles. The standard InChI is InChI=1S/C67H118O6/c1-4-7-10-13-16-19-22-25-27-29-31-32-33-34-36-37-39-42-45-48-51-54-57-60-66(69)72-63-64(62-71-65(68)59-56-53-50-47-44-41-24-21-18-15-12-9-6-3)73-67(70)61-58-55-52-49-46-43-40-38-35-30-28-26-23-20-17-14-11-8-5-2/h12,15,21-22,24-26,28-29,31,33-34,64H,4-11,13-14,16-20,23,27,30,32,35-63H2,1-3H3/b15-12-,24-21-,25-22-,28-26-,31-29-,34-33-. The summed E-state index contributed by atoms with van der Waals surface area (Å²) in [4.78, 5) is 38.3. The first-order valence-corrected chi connectivity index (χ1v) is 31.4. The van der Waals surface area contributed by atoms with E-state index in [2.05, 4.69) is 93.7 Å². The Hall–Kier alpha value is -3.15. The molecule has 0 radical (unpaired) electrons. The van der Waals surface area contributed by atoms with Crippen LogP contribution in [0.5, 0.6) is 0 Å². The molecular weight excluding hydrogens is 901 g/mol. The molecule has 0 aromatic carbocycles. The van der Waals surface area contributed by atoms with Gasteiger partial charge in [0, 0.05) is 19.3 Å². The third kappa shape index (κ3) is 59.6. The van der Waals surface area contributed by atoms with Crippen LogP contribution in [0.2, 0.25) is 0 Å². The maximum atomic E-state index is 12.9. The van der Waals surface area contributed by atoms with Gasteiger partial charge in [-0.05, 0) is 109 Å². The van der Waals surface area contributed by atoms with Crippen LogP contribution in [0, 0.1) is 0 Å². The zero-order valence-electron chi connectivity index (χ0n) is 48.4. The minimum absolute atomic E-state index is 0.0837. The van der Waals surface area contributed by atoms with Crippen LogP contribution >= 0.6 is 0 Å². The summed E-state index contributed by atoms with van der Waals surface area (Å²) in [7, 11) is 0. The number of carbonyl (C=O) groups is 3. The van der Waals surface area contributed by atoms with Crippen molar-refractivity contribution in [3.63, 3.8) is 0 Å². The third-order valence-electron chi connectivity index (χ3n) is 13.6. The lowest BCUT2D eigenvalue weighted by Crippen LogP contribution is -2.30. The van der Waals surface area contributed by atoms with Gasteiger partial charge in [-0.1, -0.05) is 261 Å². The van der Waals surface area contributed by atoms with Crippen molar-refractivity contribution in [2.24, 2.45) is 0 Å². The highest BCUT2D eigenvalue weighted by atomic mass is 16.6. The first-order valence-electron chi connectivity index (χ1n) is 31.4. The minimum atomic E-state index is -0.786. The zero-order chi connectivity index (χ0) is 52.9. The molecule has 0 fully saturated rings. The van der Waals surface area contributed by atoms with Crippen molar-refractivity contribution in [3.8, 4) is 0 Å². The summed E-state index contributed by atoms with van der Waals surface area (Å²) < 4.78 is 16.9. The van der Waals surface area contributed by atoms with E-state index in [0.29, 0.717) is 19.3 Å². The molecule has 0 aromatic heterocycles. The van der Waals surface area contributed by atoms with Gasteiger partial charge in [-0.3, -0.25) is 14.4 Å². The number of allylic oxidation sites excluding steroid dienone is 12. The number of hydrogen-bond donors (Lipinski definition) is 0. The molecular formula is C67H118O6. The fraction of sp³-hybridized carbons (Fsp3) is 0.776. The van der Waals surface area contributed by atoms with Crippen LogP contribution in [-0.2, 0) is 28.6 Å². The molecule has 0 rings (SSSR count). The molecule has 1 unspecified atom stereocenters. The highest BCUT2D eigenvalue weighted by Crippen LogP contribution is 2.16. The van der Waals surface area contributed by atoms with Crippen molar-refractivity contribution >= 4 is 17.9 Å². The Morgan fingerprint density at radius 2 is 0.521 bits per heavy atom. The molecule has 0 aliphatic heterocycles. The second kappa shape index (κ2) is 61.4. The van der Waals surface area contributed by atoms with Gasteiger partial charge in [0.2, 0.25) is 0 Å². The van der Waals surface area contributed by atoms with Gasteiger partial charge in [0.25, 0.3) is 0 Å². The van der Waals surface area contributed by atoms with E-state index in [-0.39, 0.29) is 31.1 Å². The quantitative estimate of drug-likeness (QED) is 0.0261. The summed E-state index contributed by atoms with van der Waals surface area (Å²) in [5, 5.41) is 0. The monoisotopic (exact) mass is 1020 g/mol. The van der Waals surface area contributed by atoms with E-state index >= 15 is 0 Å². The molecule has 6 nitrogen and oxygen atoms in total. The molecule has 0 saturated carbocycles. The van der Waals surface area contributed by atoms with Gasteiger partial charge in [-0.2, -0.15) is 0 Å². The topological polar surface area (TPSA) is 78.9 Å². The summed E-state index contributed by atoms with van der Waals surface area (Å²) in [6.07, 6.45) is 79.0. The highest BCUT2D eigenvalue weighted by Gasteiger charge is 2.19. The molecule has 422 valence electrons. The number of unbranched alkanes of at least 4 members (excludes halogenated alkanes) is 34. The van der Waals surface area contributed by atoms with E-state index < -0.39 is 6.10 Å². The average Bonchev–Trinajstić information content (AvgIpc) is 3.39. The Morgan fingerprint density at radius 3 is 0.836 bits per heavy atom. The van der Waals surface area contributed by atoms with Gasteiger partial charge in [-0.15, -0.1) is 0 Å². The molecule has 0 amide bonds. The van der Waals surface area contributed by atoms with E-state index in [4.69, 9.17) is 14.2 Å². The second-order valence-corrected chi connectivity index (χ2v) is 21.0. The SMILES string of the molecule is CCC/C=C\C/C=C\CCCCCCCC(=O)OCC(COC(=O)CCCCCCCCCC/C=C\C/C=C\C/C=C\CCCCCCC)OC(=O)CCCCCCCCCCC/C=C\CCCCCCCC. The van der Waals surface area contributed by atoms with Gasteiger partial charge in [0.15, 0.2) is 6.10 Å². The lowest BCUT2D eigenvalue weighted by molar-refractivity contribution is -0.167. The van der Waals surface area contributed by atoms with E-state index in [1.165, 1.54) is 173 Å². The summed E-state index contributed by atoms with van der Waals surface area (Å²) in [5.41, 5.74) is 0. The van der Waals surface area contributed by atoms with Crippen LogP contribution in [0.1, 0.15) is 316 Å². The normalized spacial score (nSPS) is 12.5. The van der Waals surface area contributed by atoms with Crippen LogP contribution in [0.15, 0.2) is 72.9 Å². The predicted octanol–water partition coefficient (Wildman–Crippen LogP) is 21.3. The van der Waals surface area contributed by atoms with Crippen LogP contribution in [0.4, 0.5) is 0 Å². The van der Waals surface area contributed by atoms with Crippen molar-refractivity contribution in [1.82, 2.24) is 0 Å². The molecule has 1 atom stereocenters. The number of ether oxygens (including phenoxy) is 3. The van der Waals surface area contributed by atoms with E-state index in [1.54, 1.807) is 0 Å². The molecule has 0 N–H and O–H groups in total. The van der Waals surface area contributed by atoms with Crippen LogP contribution in [0.3, 0.4) is 0 Å². The number of carbonyl (C=O) groups excluding carboxylic acids is 3. The average molecular weight is 1020 g/mol. The molecule has 0 aliphatic rings. The summed E-state index contributed by atoms with van der Waals surface area (Å²) in [5.74, 6) is -0.895. The van der Waals surface area contributed by atoms with Gasteiger partial charge in [0.05, 0.1) is 0 Å². The number of esters is 3. The summed E-state index contributed by atoms with van der Waals surface area (Å²) in [6.45, 7) is 6.57. The molecule has 73 heavy (non-hydrogen) atoms. The van der Waals surface area contributed by atoms with Crippen LogP contribution in [0.25, 0.3) is 0 Å². The lowest BCUT2D eigenvalue weighted by Gasteiger charge is -2.18. The first kappa shape index (κ1) is 69.8. The summed E-state index contributed by atoms with van der Waals surface area (Å²) in [6, 6.07) is 0. The van der Waals surface area contributed by atoms with Crippen molar-refractivity contribution in [2.45, 2.75) is 322 Å². The first-order chi connectivity index (χ1) is 36.0. The van der Waals surface area contributed by atoms with Gasteiger partial charge < -0.3 is 14.2 Å². The maximum absolute atomic E-state index is 12.9. The number of hydrogen-bond acceptors (Lipinski definition) is 6. The lowest BCUT2D eigenvalue weighted by atomic mass is 10.1. The van der Waals surface area contributed by atoms with Crippen LogP contribution in [-0.4, -0.2) is 37.2 Å². The van der Waals surface area contributed by atoms with Crippen LogP contribution < -0.4 is 0 Å². The molecule has 0 heterocycles. The third-order valence-corrected chi connectivity index (χ3v) is 13.6. The minimum Gasteiger partial charge on any atom is -0.462 e. The molecule has 0 aromatic rings. The second-order valence-electron chi connectivity index (χ2n) is 21.0. The number of rotatable bonds is 57. The molecule has 6 heteroatoms. The van der Waals surface area contributed by atoms with Gasteiger partial charge >= 0.3 is 17.9 Å².